The zero-order valence-corrected chi connectivity index (χ0v) is 15.8. The van der Waals surface area contributed by atoms with Crippen molar-refractivity contribution in [3.8, 4) is 0 Å². The first-order valence-corrected chi connectivity index (χ1v) is 9.00. The molecule has 0 saturated heterocycles. The van der Waals surface area contributed by atoms with Crippen LogP contribution in [0, 0.1) is 13.8 Å². The number of benzene rings is 2. The van der Waals surface area contributed by atoms with Crippen molar-refractivity contribution in [2.75, 3.05) is 11.9 Å². The van der Waals surface area contributed by atoms with Crippen LogP contribution in [0.3, 0.4) is 0 Å². The molecule has 0 aliphatic rings. The number of amides is 1. The molecule has 26 heavy (non-hydrogen) atoms. The molecule has 0 fully saturated rings. The van der Waals surface area contributed by atoms with E-state index in [1.165, 1.54) is 11.1 Å². The van der Waals surface area contributed by atoms with E-state index in [2.05, 4.69) is 28.6 Å². The van der Waals surface area contributed by atoms with Gasteiger partial charge in [0.15, 0.2) is 5.96 Å². The molecule has 5 nitrogen and oxygen atoms in total. The number of rotatable bonds is 7. The van der Waals surface area contributed by atoms with E-state index in [0.717, 1.165) is 24.1 Å². The third-order valence-corrected chi connectivity index (χ3v) is 3.96. The topological polar surface area (TPSA) is 79.5 Å². The molecule has 0 atom stereocenters. The summed E-state index contributed by atoms with van der Waals surface area (Å²) in [5.41, 5.74) is 10.9. The minimum Gasteiger partial charge on any atom is -0.370 e. The number of nitrogens with two attached hydrogens (primary N) is 1. The Hall–Kier alpha value is -2.82. The molecule has 0 radical (unpaired) electrons. The summed E-state index contributed by atoms with van der Waals surface area (Å²) in [5.74, 6) is 0.334. The molecule has 0 bridgehead atoms. The highest BCUT2D eigenvalue weighted by Gasteiger charge is 2.04. The van der Waals surface area contributed by atoms with Crippen molar-refractivity contribution in [3.63, 3.8) is 0 Å². The zero-order valence-electron chi connectivity index (χ0n) is 15.8. The van der Waals surface area contributed by atoms with Gasteiger partial charge in [-0.2, -0.15) is 0 Å². The average Bonchev–Trinajstić information content (AvgIpc) is 2.59. The van der Waals surface area contributed by atoms with E-state index in [-0.39, 0.29) is 5.91 Å². The van der Waals surface area contributed by atoms with Gasteiger partial charge < -0.3 is 16.4 Å². The fourth-order valence-corrected chi connectivity index (χ4v) is 2.65. The van der Waals surface area contributed by atoms with Gasteiger partial charge >= 0.3 is 0 Å². The minimum atomic E-state index is -0.0375. The molecule has 4 N–H and O–H groups in total. The summed E-state index contributed by atoms with van der Waals surface area (Å²) in [4.78, 5) is 16.4. The lowest BCUT2D eigenvalue weighted by molar-refractivity contribution is 0.0953. The van der Waals surface area contributed by atoms with Crippen LogP contribution in [0.2, 0.25) is 0 Å². The molecule has 2 aromatic carbocycles. The van der Waals surface area contributed by atoms with Gasteiger partial charge in [0.2, 0.25) is 0 Å². The van der Waals surface area contributed by atoms with Gasteiger partial charge in [-0.25, -0.2) is 4.99 Å². The van der Waals surface area contributed by atoms with E-state index >= 15 is 0 Å². The van der Waals surface area contributed by atoms with Crippen molar-refractivity contribution in [3.05, 3.63) is 64.7 Å². The number of nitrogens with one attached hydrogen (secondary N) is 2. The lowest BCUT2D eigenvalue weighted by atomic mass is 10.1. The van der Waals surface area contributed by atoms with Gasteiger partial charge in [-0.15, -0.1) is 0 Å². The monoisotopic (exact) mass is 352 g/mol. The van der Waals surface area contributed by atoms with Gasteiger partial charge in [-0.3, -0.25) is 4.79 Å². The number of carbonyl (C=O) groups is 1. The first-order chi connectivity index (χ1) is 12.5. The molecule has 138 valence electrons. The molecule has 0 aromatic heterocycles. The molecular formula is C21H28N4O. The number of nitrogens with zero attached hydrogens (tertiary/aromatic N) is 1. The number of carbonyl (C=O) groups excluding carboxylic acids is 1. The molecule has 0 aliphatic carbocycles. The van der Waals surface area contributed by atoms with Crippen molar-refractivity contribution in [2.45, 2.75) is 40.2 Å². The quantitative estimate of drug-likeness (QED) is 0.403. The highest BCUT2D eigenvalue weighted by atomic mass is 16.1. The van der Waals surface area contributed by atoms with Gasteiger partial charge in [0, 0.05) is 17.8 Å². The maximum Gasteiger partial charge on any atom is 0.251 e. The molecular weight excluding hydrogens is 324 g/mol. The number of hydrogen-bond donors (Lipinski definition) is 3. The Balaban J connectivity index is 1.91. The molecule has 0 spiro atoms. The molecule has 5 heteroatoms. The van der Waals surface area contributed by atoms with E-state index in [1.807, 2.05) is 50.2 Å². The Bertz CT molecular complexity index is 746. The van der Waals surface area contributed by atoms with Crippen LogP contribution >= 0.6 is 0 Å². The van der Waals surface area contributed by atoms with E-state index in [4.69, 9.17) is 5.73 Å². The Morgan fingerprint density at radius 1 is 1.08 bits per heavy atom. The van der Waals surface area contributed by atoms with Crippen molar-refractivity contribution >= 4 is 17.6 Å². The summed E-state index contributed by atoms with van der Waals surface area (Å²) in [5, 5.41) is 6.03. The number of aliphatic imine (C=N–C) groups is 1. The second-order valence-electron chi connectivity index (χ2n) is 6.51. The SMILES string of the molecule is CCCCNC(=O)c1ccc(CN=C(N)Nc2cc(C)cc(C)c2)cc1. The van der Waals surface area contributed by atoms with Crippen LogP contribution in [0.4, 0.5) is 5.69 Å². The van der Waals surface area contributed by atoms with Gasteiger partial charge in [0.1, 0.15) is 0 Å². The predicted octanol–water partition coefficient (Wildman–Crippen LogP) is 3.76. The second-order valence-corrected chi connectivity index (χ2v) is 6.51. The number of hydrogen-bond acceptors (Lipinski definition) is 2. The van der Waals surface area contributed by atoms with Crippen LogP contribution in [-0.2, 0) is 6.54 Å². The number of unbranched alkanes of at least 4 members (excludes halogenated alkanes) is 1. The average molecular weight is 352 g/mol. The Morgan fingerprint density at radius 2 is 1.73 bits per heavy atom. The third kappa shape index (κ3) is 6.24. The molecule has 2 rings (SSSR count). The van der Waals surface area contributed by atoms with Crippen LogP contribution in [0.25, 0.3) is 0 Å². The Morgan fingerprint density at radius 3 is 2.35 bits per heavy atom. The first kappa shape index (κ1) is 19.5. The lowest BCUT2D eigenvalue weighted by Crippen LogP contribution is -2.24. The van der Waals surface area contributed by atoms with E-state index in [1.54, 1.807) is 0 Å². The van der Waals surface area contributed by atoms with Crippen molar-refractivity contribution < 1.29 is 4.79 Å². The highest BCUT2D eigenvalue weighted by molar-refractivity contribution is 5.94. The molecule has 0 saturated carbocycles. The smallest absolute Gasteiger partial charge is 0.251 e. The molecule has 0 heterocycles. The second kappa shape index (κ2) is 9.61. The minimum absolute atomic E-state index is 0.0375. The summed E-state index contributed by atoms with van der Waals surface area (Å²) >= 11 is 0. The fraction of sp³-hybridized carbons (Fsp3) is 0.333. The van der Waals surface area contributed by atoms with E-state index in [0.29, 0.717) is 24.6 Å². The Kier molecular flexibility index (Phi) is 7.21. The van der Waals surface area contributed by atoms with Crippen molar-refractivity contribution in [1.29, 1.82) is 0 Å². The van der Waals surface area contributed by atoms with Gasteiger partial charge in [-0.1, -0.05) is 31.5 Å². The third-order valence-electron chi connectivity index (χ3n) is 3.96. The van der Waals surface area contributed by atoms with Crippen molar-refractivity contribution in [2.24, 2.45) is 10.7 Å². The number of aryl methyl sites for hydroxylation is 2. The molecule has 0 unspecified atom stereocenters. The van der Waals surface area contributed by atoms with E-state index < -0.39 is 0 Å². The normalized spacial score (nSPS) is 11.3. The lowest BCUT2D eigenvalue weighted by Gasteiger charge is -2.08. The number of anilines is 1. The van der Waals surface area contributed by atoms with Crippen molar-refractivity contribution in [1.82, 2.24) is 5.32 Å². The van der Waals surface area contributed by atoms with Crippen LogP contribution < -0.4 is 16.4 Å². The predicted molar refractivity (Wildman–Crippen MR) is 109 cm³/mol. The maximum atomic E-state index is 12.0. The van der Waals surface area contributed by atoms with E-state index in [9.17, 15) is 4.79 Å². The van der Waals surface area contributed by atoms with Crippen LogP contribution in [-0.4, -0.2) is 18.4 Å². The van der Waals surface area contributed by atoms with Gasteiger partial charge in [0.05, 0.1) is 6.54 Å². The number of guanidine groups is 1. The summed E-state index contributed by atoms with van der Waals surface area (Å²) in [7, 11) is 0. The van der Waals surface area contributed by atoms with Crippen LogP contribution in [0.15, 0.2) is 47.5 Å². The summed E-state index contributed by atoms with van der Waals surface area (Å²) < 4.78 is 0. The standard InChI is InChI=1S/C21H28N4O/c1-4-5-10-23-20(26)18-8-6-17(7-9-18)14-24-21(22)25-19-12-15(2)11-16(3)13-19/h6-9,11-13H,4-5,10,14H2,1-3H3,(H,23,26)(H3,22,24,25). The zero-order chi connectivity index (χ0) is 18.9. The maximum absolute atomic E-state index is 12.0. The van der Waals surface area contributed by atoms with Crippen LogP contribution in [0.1, 0.15) is 46.8 Å². The summed E-state index contributed by atoms with van der Waals surface area (Å²) in [6, 6.07) is 13.6. The fourth-order valence-electron chi connectivity index (χ4n) is 2.65. The Labute approximate surface area is 155 Å². The summed E-state index contributed by atoms with van der Waals surface area (Å²) in [6.07, 6.45) is 2.06. The van der Waals surface area contributed by atoms with Crippen LogP contribution in [0.5, 0.6) is 0 Å². The highest BCUT2D eigenvalue weighted by Crippen LogP contribution is 2.13. The molecule has 1 amide bonds. The molecule has 2 aromatic rings. The van der Waals surface area contributed by atoms with Gasteiger partial charge in [0.25, 0.3) is 5.91 Å². The largest absolute Gasteiger partial charge is 0.370 e. The summed E-state index contributed by atoms with van der Waals surface area (Å²) in [6.45, 7) is 7.36. The van der Waals surface area contributed by atoms with Gasteiger partial charge in [-0.05, 0) is 61.2 Å². The first-order valence-electron chi connectivity index (χ1n) is 9.00. The molecule has 0 aliphatic heterocycles.